The molecular formula is C10H20N2O2. The molecule has 0 saturated carbocycles. The minimum absolute atomic E-state index is 0.0228. The number of aliphatic hydroxyl groups excluding tert-OH is 1. The second-order valence-corrected chi connectivity index (χ2v) is 3.98. The Bertz CT molecular complexity index is 187. The van der Waals surface area contributed by atoms with Crippen molar-refractivity contribution in [3.05, 3.63) is 0 Å². The van der Waals surface area contributed by atoms with Crippen molar-refractivity contribution in [3.8, 4) is 0 Å². The van der Waals surface area contributed by atoms with E-state index in [1.54, 1.807) is 11.9 Å². The second kappa shape index (κ2) is 5.32. The van der Waals surface area contributed by atoms with Gasteiger partial charge in [-0.1, -0.05) is 6.42 Å². The number of carbonyl (C=O) groups is 1. The molecule has 0 aliphatic carbocycles. The molecule has 1 rings (SSSR count). The largest absolute Gasteiger partial charge is 0.394 e. The van der Waals surface area contributed by atoms with Gasteiger partial charge in [0.1, 0.15) is 0 Å². The Kier molecular flexibility index (Phi) is 4.35. The quantitative estimate of drug-likeness (QED) is 0.672. The van der Waals surface area contributed by atoms with Crippen LogP contribution in [0.3, 0.4) is 0 Å². The first-order chi connectivity index (χ1) is 6.66. The topological polar surface area (TPSA) is 52.6 Å². The zero-order valence-corrected chi connectivity index (χ0v) is 8.99. The molecule has 0 bridgehead atoms. The summed E-state index contributed by atoms with van der Waals surface area (Å²) in [6.07, 6.45) is 3.19. The predicted octanol–water partition coefficient (Wildman–Crippen LogP) is -0.0323. The minimum Gasteiger partial charge on any atom is -0.394 e. The predicted molar refractivity (Wildman–Crippen MR) is 55.0 cm³/mol. The summed E-state index contributed by atoms with van der Waals surface area (Å²) in [5.41, 5.74) is 0. The molecule has 1 aliphatic rings. The Balaban J connectivity index is 2.46. The fourth-order valence-electron chi connectivity index (χ4n) is 1.65. The number of carbonyl (C=O) groups excluding carboxylic acids is 1. The van der Waals surface area contributed by atoms with Crippen molar-refractivity contribution in [1.29, 1.82) is 0 Å². The molecule has 0 aromatic rings. The van der Waals surface area contributed by atoms with E-state index < -0.39 is 0 Å². The van der Waals surface area contributed by atoms with E-state index in [0.29, 0.717) is 0 Å². The van der Waals surface area contributed by atoms with Gasteiger partial charge in [-0.15, -0.1) is 0 Å². The van der Waals surface area contributed by atoms with Gasteiger partial charge in [-0.2, -0.15) is 0 Å². The van der Waals surface area contributed by atoms with Crippen LogP contribution in [0.15, 0.2) is 0 Å². The molecule has 1 heterocycles. The van der Waals surface area contributed by atoms with Crippen LogP contribution in [0.5, 0.6) is 0 Å². The maximum absolute atomic E-state index is 11.9. The molecule has 14 heavy (non-hydrogen) atoms. The van der Waals surface area contributed by atoms with E-state index in [-0.39, 0.29) is 24.6 Å². The molecule has 0 spiro atoms. The third-order valence-electron chi connectivity index (χ3n) is 2.88. The smallest absolute Gasteiger partial charge is 0.239 e. The third kappa shape index (κ3) is 2.69. The molecule has 1 fully saturated rings. The van der Waals surface area contributed by atoms with Crippen LogP contribution in [0.2, 0.25) is 0 Å². The number of piperidine rings is 1. The highest BCUT2D eigenvalue weighted by molar-refractivity contribution is 5.82. The van der Waals surface area contributed by atoms with Gasteiger partial charge >= 0.3 is 0 Å². The number of hydrogen-bond acceptors (Lipinski definition) is 3. The first-order valence-corrected chi connectivity index (χ1v) is 5.27. The molecule has 2 N–H and O–H groups in total. The number of likely N-dealkylation sites (N-methyl/N-ethyl adjacent to an activating group) is 1. The molecule has 1 amide bonds. The van der Waals surface area contributed by atoms with Crippen LogP contribution < -0.4 is 5.32 Å². The molecule has 1 aliphatic heterocycles. The standard InChI is InChI=1S/C10H20N2O2/c1-8(7-13)12(2)10(14)9-5-3-4-6-11-9/h8-9,11,13H,3-7H2,1-2H3/t8?,9-/m1/s1. The Morgan fingerprint density at radius 3 is 2.86 bits per heavy atom. The van der Waals surface area contributed by atoms with Crippen LogP contribution in [0, 0.1) is 0 Å². The van der Waals surface area contributed by atoms with Crippen LogP contribution in [-0.2, 0) is 4.79 Å². The van der Waals surface area contributed by atoms with Crippen LogP contribution in [0.4, 0.5) is 0 Å². The van der Waals surface area contributed by atoms with Gasteiger partial charge in [-0.05, 0) is 26.3 Å². The highest BCUT2D eigenvalue weighted by atomic mass is 16.3. The number of hydrogen-bond donors (Lipinski definition) is 2. The molecule has 4 heteroatoms. The van der Waals surface area contributed by atoms with Crippen molar-refractivity contribution in [1.82, 2.24) is 10.2 Å². The van der Waals surface area contributed by atoms with Crippen molar-refractivity contribution >= 4 is 5.91 Å². The molecule has 1 saturated heterocycles. The van der Waals surface area contributed by atoms with Gasteiger partial charge in [0.25, 0.3) is 0 Å². The lowest BCUT2D eigenvalue weighted by Crippen LogP contribution is -2.50. The Morgan fingerprint density at radius 1 is 1.64 bits per heavy atom. The Morgan fingerprint density at radius 2 is 2.36 bits per heavy atom. The SMILES string of the molecule is CC(CO)N(C)C(=O)[C@H]1CCCCN1. The van der Waals surface area contributed by atoms with Crippen molar-refractivity contribution < 1.29 is 9.90 Å². The molecule has 4 nitrogen and oxygen atoms in total. The molecule has 0 aromatic heterocycles. The monoisotopic (exact) mass is 200 g/mol. The lowest BCUT2D eigenvalue weighted by Gasteiger charge is -2.30. The zero-order chi connectivity index (χ0) is 10.6. The lowest BCUT2D eigenvalue weighted by atomic mass is 10.0. The van der Waals surface area contributed by atoms with Crippen molar-refractivity contribution in [3.63, 3.8) is 0 Å². The summed E-state index contributed by atoms with van der Waals surface area (Å²) in [6.45, 7) is 2.80. The van der Waals surface area contributed by atoms with Crippen molar-refractivity contribution in [2.45, 2.75) is 38.3 Å². The van der Waals surface area contributed by atoms with Gasteiger partial charge in [0.2, 0.25) is 5.91 Å². The second-order valence-electron chi connectivity index (χ2n) is 3.98. The van der Waals surface area contributed by atoms with Gasteiger partial charge in [-0.3, -0.25) is 4.79 Å². The van der Waals surface area contributed by atoms with Crippen molar-refractivity contribution in [2.75, 3.05) is 20.2 Å². The molecule has 0 aromatic carbocycles. The number of nitrogens with zero attached hydrogens (tertiary/aromatic N) is 1. The summed E-state index contributed by atoms with van der Waals surface area (Å²) in [5, 5.41) is 12.1. The van der Waals surface area contributed by atoms with Gasteiger partial charge in [-0.25, -0.2) is 0 Å². The first-order valence-electron chi connectivity index (χ1n) is 5.27. The average Bonchev–Trinajstić information content (AvgIpc) is 2.27. The lowest BCUT2D eigenvalue weighted by molar-refractivity contribution is -0.135. The molecule has 2 atom stereocenters. The van der Waals surface area contributed by atoms with E-state index in [1.807, 2.05) is 6.92 Å². The van der Waals surface area contributed by atoms with Crippen molar-refractivity contribution in [2.24, 2.45) is 0 Å². The maximum Gasteiger partial charge on any atom is 0.239 e. The van der Waals surface area contributed by atoms with E-state index >= 15 is 0 Å². The van der Waals surface area contributed by atoms with E-state index in [9.17, 15) is 4.79 Å². The van der Waals surface area contributed by atoms with Crippen LogP contribution in [0.25, 0.3) is 0 Å². The Hall–Kier alpha value is -0.610. The van der Waals surface area contributed by atoms with Gasteiger partial charge in [0, 0.05) is 7.05 Å². The third-order valence-corrected chi connectivity index (χ3v) is 2.88. The number of aliphatic hydroxyl groups is 1. The van der Waals surface area contributed by atoms with E-state index in [0.717, 1.165) is 25.8 Å². The summed E-state index contributed by atoms with van der Waals surface area (Å²) in [7, 11) is 1.75. The van der Waals surface area contributed by atoms with Crippen LogP contribution >= 0.6 is 0 Å². The first kappa shape index (κ1) is 11.5. The van der Waals surface area contributed by atoms with Crippen LogP contribution in [0.1, 0.15) is 26.2 Å². The fourth-order valence-corrected chi connectivity index (χ4v) is 1.65. The zero-order valence-electron chi connectivity index (χ0n) is 8.99. The molecule has 82 valence electrons. The normalized spacial score (nSPS) is 24.4. The highest BCUT2D eigenvalue weighted by Crippen LogP contribution is 2.10. The minimum atomic E-state index is -0.0915. The van der Waals surface area contributed by atoms with Gasteiger partial charge < -0.3 is 15.3 Å². The molecule has 0 radical (unpaired) electrons. The fraction of sp³-hybridized carbons (Fsp3) is 0.900. The van der Waals surface area contributed by atoms with E-state index in [2.05, 4.69) is 5.32 Å². The van der Waals surface area contributed by atoms with Gasteiger partial charge in [0.15, 0.2) is 0 Å². The molecular weight excluding hydrogens is 180 g/mol. The average molecular weight is 200 g/mol. The summed E-state index contributed by atoms with van der Waals surface area (Å²) >= 11 is 0. The number of amides is 1. The summed E-state index contributed by atoms with van der Waals surface area (Å²) in [4.78, 5) is 13.5. The highest BCUT2D eigenvalue weighted by Gasteiger charge is 2.25. The molecule has 1 unspecified atom stereocenters. The van der Waals surface area contributed by atoms with Crippen LogP contribution in [-0.4, -0.2) is 48.2 Å². The maximum atomic E-state index is 11.9. The summed E-state index contributed by atoms with van der Waals surface area (Å²) < 4.78 is 0. The Labute approximate surface area is 85.3 Å². The number of rotatable bonds is 3. The summed E-state index contributed by atoms with van der Waals surface area (Å²) in [5.74, 6) is 0.103. The number of nitrogens with one attached hydrogen (secondary N) is 1. The van der Waals surface area contributed by atoms with E-state index in [1.165, 1.54) is 0 Å². The van der Waals surface area contributed by atoms with Gasteiger partial charge in [0.05, 0.1) is 18.7 Å². The summed E-state index contributed by atoms with van der Waals surface area (Å²) in [6, 6.07) is -0.131. The van der Waals surface area contributed by atoms with E-state index in [4.69, 9.17) is 5.11 Å².